The summed E-state index contributed by atoms with van der Waals surface area (Å²) in [4.78, 5) is 34.7. The van der Waals surface area contributed by atoms with Crippen molar-refractivity contribution in [1.29, 1.82) is 0 Å². The number of nitrogens with one attached hydrogen (secondary N) is 2. The van der Waals surface area contributed by atoms with E-state index in [-0.39, 0.29) is 23.8 Å². The van der Waals surface area contributed by atoms with E-state index in [9.17, 15) is 9.59 Å². The Labute approximate surface area is 241 Å². The zero-order chi connectivity index (χ0) is 28.5. The minimum absolute atomic E-state index is 0.0266. The van der Waals surface area contributed by atoms with E-state index in [2.05, 4.69) is 47.8 Å². The molecule has 3 aromatic carbocycles. The van der Waals surface area contributed by atoms with E-state index in [1.165, 1.54) is 0 Å². The van der Waals surface area contributed by atoms with E-state index < -0.39 is 0 Å². The van der Waals surface area contributed by atoms with Gasteiger partial charge in [-0.05, 0) is 68.0 Å². The molecule has 6 rings (SSSR count). The lowest BCUT2D eigenvalue weighted by Crippen LogP contribution is -2.41. The van der Waals surface area contributed by atoms with Crippen LogP contribution in [0.2, 0.25) is 0 Å². The number of para-hydroxylation sites is 1. The van der Waals surface area contributed by atoms with Crippen molar-refractivity contribution in [2.45, 2.75) is 57.2 Å². The normalized spacial score (nSPS) is 19.1. The van der Waals surface area contributed by atoms with Gasteiger partial charge in [-0.3, -0.25) is 9.59 Å². The van der Waals surface area contributed by atoms with Gasteiger partial charge in [0, 0.05) is 54.6 Å². The highest BCUT2D eigenvalue weighted by atomic mass is 16.2. The first-order chi connectivity index (χ1) is 19.9. The molecule has 7 nitrogen and oxygen atoms in total. The molecule has 210 valence electrons. The van der Waals surface area contributed by atoms with Gasteiger partial charge >= 0.3 is 0 Å². The van der Waals surface area contributed by atoms with Crippen LogP contribution in [-0.4, -0.2) is 43.0 Å². The minimum atomic E-state index is -0.266. The number of nitrogens with zero attached hydrogens (tertiary/aromatic N) is 3. The van der Waals surface area contributed by atoms with Crippen LogP contribution in [0.1, 0.15) is 60.0 Å². The summed E-state index contributed by atoms with van der Waals surface area (Å²) in [5.74, 6) is 0.707. The predicted molar refractivity (Wildman–Crippen MR) is 166 cm³/mol. The second-order valence-electron chi connectivity index (χ2n) is 11.5. The van der Waals surface area contributed by atoms with Crippen molar-refractivity contribution in [2.24, 2.45) is 0 Å². The van der Waals surface area contributed by atoms with Gasteiger partial charge in [0.1, 0.15) is 5.82 Å². The van der Waals surface area contributed by atoms with Gasteiger partial charge in [0.25, 0.3) is 5.91 Å². The molecule has 7 heteroatoms. The second kappa shape index (κ2) is 11.2. The molecule has 2 N–H and O–H groups in total. The number of anilines is 3. The Hall–Kier alpha value is -4.39. The zero-order valence-corrected chi connectivity index (χ0v) is 23.9. The smallest absolute Gasteiger partial charge is 0.258 e. The summed E-state index contributed by atoms with van der Waals surface area (Å²) in [6.45, 7) is 2.53. The lowest BCUT2D eigenvalue weighted by Gasteiger charge is -2.31. The second-order valence-corrected chi connectivity index (χ2v) is 11.5. The predicted octanol–water partition coefficient (Wildman–Crippen LogP) is 6.10. The van der Waals surface area contributed by atoms with E-state index >= 15 is 0 Å². The van der Waals surface area contributed by atoms with Crippen molar-refractivity contribution < 1.29 is 9.59 Å². The summed E-state index contributed by atoms with van der Waals surface area (Å²) >= 11 is 0. The Kier molecular flexibility index (Phi) is 7.35. The molecule has 2 heterocycles. The quantitative estimate of drug-likeness (QED) is 0.292. The van der Waals surface area contributed by atoms with Crippen molar-refractivity contribution in [1.82, 2.24) is 10.3 Å². The molecule has 0 spiro atoms. The van der Waals surface area contributed by atoms with Crippen LogP contribution in [0.25, 0.3) is 10.9 Å². The van der Waals surface area contributed by atoms with Gasteiger partial charge in [-0.2, -0.15) is 0 Å². The highest BCUT2D eigenvalue weighted by Gasteiger charge is 2.29. The molecule has 1 fully saturated rings. The third-order valence-electron chi connectivity index (χ3n) is 8.52. The van der Waals surface area contributed by atoms with E-state index in [1.807, 2.05) is 67.6 Å². The average Bonchev–Trinajstić information content (AvgIpc) is 3.33. The van der Waals surface area contributed by atoms with Crippen LogP contribution in [0.3, 0.4) is 0 Å². The molecule has 0 bridgehead atoms. The first-order valence-corrected chi connectivity index (χ1v) is 14.5. The van der Waals surface area contributed by atoms with Crippen molar-refractivity contribution >= 4 is 39.9 Å². The number of pyridine rings is 1. The summed E-state index contributed by atoms with van der Waals surface area (Å²) in [6.07, 6.45) is 3.82. The largest absolute Gasteiger partial charge is 0.377 e. The topological polar surface area (TPSA) is 77.6 Å². The van der Waals surface area contributed by atoms with Crippen LogP contribution < -0.4 is 20.4 Å². The number of carbonyl (C=O) groups is 2. The zero-order valence-electron chi connectivity index (χ0n) is 23.9. The molecule has 1 unspecified atom stereocenters. The minimum Gasteiger partial charge on any atom is -0.377 e. The van der Waals surface area contributed by atoms with Crippen molar-refractivity contribution in [3.63, 3.8) is 0 Å². The van der Waals surface area contributed by atoms with Gasteiger partial charge in [0.15, 0.2) is 0 Å². The molecule has 41 heavy (non-hydrogen) atoms. The number of aromatic nitrogens is 1. The standard InChI is InChI=1S/C34H37N5O2/c1-22(23-12-18-27(19-13-23)39-21-24-8-4-5-9-28(24)34(39)41)33(40)36-26-16-14-25(15-17-26)35-32-20-31(38(2)3)29-10-6-7-11-30(29)37-32/h4-13,18-20,22,25-26H,14-17,21H2,1-3H3,(H,35,37)(H,36,40)/t22?,25-,26+. The molecular weight excluding hydrogens is 510 g/mol. The fraction of sp³-hybridized carbons (Fsp3) is 0.324. The van der Waals surface area contributed by atoms with Crippen LogP contribution in [0.4, 0.5) is 17.2 Å². The van der Waals surface area contributed by atoms with Crippen molar-refractivity contribution in [2.75, 3.05) is 29.2 Å². The number of amides is 2. The maximum absolute atomic E-state index is 13.1. The lowest BCUT2D eigenvalue weighted by molar-refractivity contribution is -0.123. The summed E-state index contributed by atoms with van der Waals surface area (Å²) in [5, 5.41) is 8.08. The van der Waals surface area contributed by atoms with E-state index in [0.717, 1.165) is 70.5 Å². The maximum Gasteiger partial charge on any atom is 0.258 e. The Bertz CT molecular complexity index is 1570. The third kappa shape index (κ3) is 5.49. The van der Waals surface area contributed by atoms with E-state index in [1.54, 1.807) is 4.90 Å². The molecule has 1 aromatic heterocycles. The molecule has 4 aromatic rings. The number of fused-ring (bicyclic) bond motifs is 2. The first kappa shape index (κ1) is 26.8. The molecule has 2 aliphatic rings. The van der Waals surface area contributed by atoms with Crippen LogP contribution in [-0.2, 0) is 11.3 Å². The fourth-order valence-corrected chi connectivity index (χ4v) is 6.08. The number of hydrogen-bond acceptors (Lipinski definition) is 5. The average molecular weight is 548 g/mol. The molecule has 0 radical (unpaired) electrons. The molecule has 0 saturated heterocycles. The molecule has 1 aliphatic heterocycles. The van der Waals surface area contributed by atoms with Gasteiger partial charge in [0.05, 0.1) is 18.0 Å². The van der Waals surface area contributed by atoms with E-state index in [4.69, 9.17) is 4.98 Å². The van der Waals surface area contributed by atoms with E-state index in [0.29, 0.717) is 12.6 Å². The highest BCUT2D eigenvalue weighted by molar-refractivity contribution is 6.10. The first-order valence-electron chi connectivity index (χ1n) is 14.5. The Balaban J connectivity index is 1.02. The Morgan fingerprint density at radius 1 is 0.927 bits per heavy atom. The van der Waals surface area contributed by atoms with Crippen molar-refractivity contribution in [3.8, 4) is 0 Å². The van der Waals surface area contributed by atoms with Crippen LogP contribution in [0, 0.1) is 0 Å². The summed E-state index contributed by atoms with van der Waals surface area (Å²) in [5.41, 5.74) is 5.75. The SMILES string of the molecule is CC(C(=O)N[C@H]1CC[C@@H](Nc2cc(N(C)C)c3ccccc3n2)CC1)c1ccc(N2Cc3ccccc3C2=O)cc1. The van der Waals surface area contributed by atoms with Crippen LogP contribution in [0.15, 0.2) is 78.9 Å². The summed E-state index contributed by atoms with van der Waals surface area (Å²) < 4.78 is 0. The van der Waals surface area contributed by atoms with Gasteiger partial charge in [0.2, 0.25) is 5.91 Å². The van der Waals surface area contributed by atoms with Gasteiger partial charge in [-0.25, -0.2) is 4.98 Å². The van der Waals surface area contributed by atoms with Gasteiger partial charge in [-0.1, -0.05) is 48.5 Å². The number of carbonyl (C=O) groups excluding carboxylic acids is 2. The number of rotatable bonds is 7. The van der Waals surface area contributed by atoms with Gasteiger partial charge in [-0.15, -0.1) is 0 Å². The Morgan fingerprint density at radius 2 is 1.61 bits per heavy atom. The molecule has 1 aliphatic carbocycles. The van der Waals surface area contributed by atoms with Gasteiger partial charge < -0.3 is 20.4 Å². The summed E-state index contributed by atoms with van der Waals surface area (Å²) in [6, 6.07) is 26.4. The Morgan fingerprint density at radius 3 is 2.34 bits per heavy atom. The molecular formula is C34H37N5O2. The molecule has 2 amide bonds. The van der Waals surface area contributed by atoms with Crippen molar-refractivity contribution in [3.05, 3.63) is 95.6 Å². The van der Waals surface area contributed by atoms with Crippen LogP contribution in [0.5, 0.6) is 0 Å². The highest BCUT2D eigenvalue weighted by Crippen LogP contribution is 2.31. The number of benzene rings is 3. The maximum atomic E-state index is 13.1. The monoisotopic (exact) mass is 547 g/mol. The lowest BCUT2D eigenvalue weighted by atomic mass is 9.90. The van der Waals surface area contributed by atoms with Crippen LogP contribution >= 0.6 is 0 Å². The fourth-order valence-electron chi connectivity index (χ4n) is 6.08. The third-order valence-corrected chi connectivity index (χ3v) is 8.52. The molecule has 1 atom stereocenters. The number of hydrogen-bond donors (Lipinski definition) is 2. The summed E-state index contributed by atoms with van der Waals surface area (Å²) in [7, 11) is 4.12. The molecule has 1 saturated carbocycles.